The SMILES string of the molecule is COc1ccccc1N1C[C@H](C(=O)Nc2n[nH]c([C@H]3CCCO3)n2)CC1=O. The number of aromatic amines is 1. The molecule has 0 radical (unpaired) electrons. The van der Waals surface area contributed by atoms with E-state index >= 15 is 0 Å². The van der Waals surface area contributed by atoms with Gasteiger partial charge in [0.05, 0.1) is 18.7 Å². The van der Waals surface area contributed by atoms with Crippen LogP contribution in [0, 0.1) is 5.92 Å². The van der Waals surface area contributed by atoms with Crippen molar-refractivity contribution in [2.45, 2.75) is 25.4 Å². The summed E-state index contributed by atoms with van der Waals surface area (Å²) in [6.45, 7) is 0.990. The molecule has 2 aromatic rings. The number of carbonyl (C=O) groups is 2. The van der Waals surface area contributed by atoms with Gasteiger partial charge in [0.2, 0.25) is 17.8 Å². The van der Waals surface area contributed by atoms with Crippen LogP contribution in [0.25, 0.3) is 0 Å². The number of aromatic nitrogens is 3. The third-order valence-electron chi connectivity index (χ3n) is 4.84. The number of nitrogens with one attached hydrogen (secondary N) is 2. The summed E-state index contributed by atoms with van der Waals surface area (Å²) in [4.78, 5) is 30.9. The maximum Gasteiger partial charge on any atom is 0.248 e. The first-order chi connectivity index (χ1) is 13.2. The summed E-state index contributed by atoms with van der Waals surface area (Å²) in [6, 6.07) is 7.26. The summed E-state index contributed by atoms with van der Waals surface area (Å²) < 4.78 is 10.9. The highest BCUT2D eigenvalue weighted by molar-refractivity contribution is 6.03. The fourth-order valence-corrected chi connectivity index (χ4v) is 3.45. The largest absolute Gasteiger partial charge is 0.495 e. The summed E-state index contributed by atoms with van der Waals surface area (Å²) in [5.41, 5.74) is 0.666. The molecule has 0 saturated carbocycles. The quantitative estimate of drug-likeness (QED) is 0.827. The van der Waals surface area contributed by atoms with Gasteiger partial charge >= 0.3 is 0 Å². The lowest BCUT2D eigenvalue weighted by atomic mass is 10.1. The minimum absolute atomic E-state index is 0.0998. The molecule has 9 nitrogen and oxygen atoms in total. The molecule has 0 unspecified atom stereocenters. The maximum absolute atomic E-state index is 12.6. The molecule has 0 bridgehead atoms. The molecule has 1 aromatic carbocycles. The number of benzene rings is 1. The molecule has 1 aromatic heterocycles. The van der Waals surface area contributed by atoms with Crippen molar-refractivity contribution in [3.8, 4) is 5.75 Å². The molecule has 2 fully saturated rings. The molecule has 0 spiro atoms. The van der Waals surface area contributed by atoms with Crippen molar-refractivity contribution in [1.29, 1.82) is 0 Å². The molecular weight excluding hydrogens is 350 g/mol. The maximum atomic E-state index is 12.6. The van der Waals surface area contributed by atoms with Crippen molar-refractivity contribution in [2.75, 3.05) is 30.5 Å². The normalized spacial score (nSPS) is 22.3. The van der Waals surface area contributed by atoms with Crippen LogP contribution >= 0.6 is 0 Å². The number of carbonyl (C=O) groups excluding carboxylic acids is 2. The van der Waals surface area contributed by atoms with Crippen molar-refractivity contribution < 1.29 is 19.1 Å². The van der Waals surface area contributed by atoms with Crippen molar-refractivity contribution in [3.05, 3.63) is 30.1 Å². The van der Waals surface area contributed by atoms with Crippen LogP contribution < -0.4 is 15.0 Å². The van der Waals surface area contributed by atoms with Gasteiger partial charge in [0.15, 0.2) is 5.82 Å². The monoisotopic (exact) mass is 371 g/mol. The van der Waals surface area contributed by atoms with Crippen molar-refractivity contribution in [2.24, 2.45) is 5.92 Å². The van der Waals surface area contributed by atoms with E-state index in [0.717, 1.165) is 12.8 Å². The second-order valence-electron chi connectivity index (χ2n) is 6.61. The van der Waals surface area contributed by atoms with Gasteiger partial charge in [-0.3, -0.25) is 20.0 Å². The molecule has 4 rings (SSSR count). The predicted octanol–water partition coefficient (Wildman–Crippen LogP) is 1.66. The Hall–Kier alpha value is -2.94. The zero-order valence-electron chi connectivity index (χ0n) is 15.0. The number of nitrogens with zero attached hydrogens (tertiary/aromatic N) is 3. The van der Waals surface area contributed by atoms with Crippen molar-refractivity contribution in [3.63, 3.8) is 0 Å². The van der Waals surface area contributed by atoms with Gasteiger partial charge in [0.1, 0.15) is 11.9 Å². The average molecular weight is 371 g/mol. The lowest BCUT2D eigenvalue weighted by Gasteiger charge is -2.19. The number of para-hydroxylation sites is 2. The van der Waals surface area contributed by atoms with Crippen molar-refractivity contribution >= 4 is 23.5 Å². The molecule has 2 N–H and O–H groups in total. The molecule has 2 atom stereocenters. The van der Waals surface area contributed by atoms with E-state index in [1.807, 2.05) is 12.1 Å². The molecule has 2 aliphatic heterocycles. The Balaban J connectivity index is 1.42. The standard InChI is InChI=1S/C18H21N5O4/c1-26-13-6-3-2-5-12(13)23-10-11(9-15(23)24)17(25)20-18-19-16(21-22-18)14-7-4-8-27-14/h2-3,5-6,11,14H,4,7-10H2,1H3,(H2,19,20,21,22,25)/t11-,14-/m1/s1. The Morgan fingerprint density at radius 2 is 2.26 bits per heavy atom. The molecular formula is C18H21N5O4. The van der Waals surface area contributed by atoms with E-state index in [1.54, 1.807) is 24.1 Å². The number of hydrogen-bond donors (Lipinski definition) is 2. The molecule has 3 heterocycles. The van der Waals surface area contributed by atoms with Gasteiger partial charge in [-0.2, -0.15) is 4.98 Å². The second kappa shape index (κ2) is 7.36. The number of hydrogen-bond acceptors (Lipinski definition) is 6. The van der Waals surface area contributed by atoms with E-state index in [9.17, 15) is 9.59 Å². The Morgan fingerprint density at radius 3 is 3.04 bits per heavy atom. The lowest BCUT2D eigenvalue weighted by molar-refractivity contribution is -0.122. The third-order valence-corrected chi connectivity index (χ3v) is 4.84. The van der Waals surface area contributed by atoms with Gasteiger partial charge in [-0.05, 0) is 25.0 Å². The first-order valence-corrected chi connectivity index (χ1v) is 8.94. The summed E-state index contributed by atoms with van der Waals surface area (Å²) in [7, 11) is 1.55. The van der Waals surface area contributed by atoms with Crippen LogP contribution in [0.2, 0.25) is 0 Å². The van der Waals surface area contributed by atoms with Gasteiger partial charge < -0.3 is 14.4 Å². The third kappa shape index (κ3) is 3.50. The second-order valence-corrected chi connectivity index (χ2v) is 6.61. The smallest absolute Gasteiger partial charge is 0.248 e. The van der Waals surface area contributed by atoms with E-state index in [2.05, 4.69) is 20.5 Å². The fourth-order valence-electron chi connectivity index (χ4n) is 3.45. The molecule has 27 heavy (non-hydrogen) atoms. The zero-order chi connectivity index (χ0) is 18.8. The Kier molecular flexibility index (Phi) is 4.76. The zero-order valence-corrected chi connectivity index (χ0v) is 15.0. The predicted molar refractivity (Wildman–Crippen MR) is 96.4 cm³/mol. The van der Waals surface area contributed by atoms with Crippen LogP contribution in [0.5, 0.6) is 5.75 Å². The van der Waals surface area contributed by atoms with E-state index in [1.165, 1.54) is 0 Å². The van der Waals surface area contributed by atoms with Gasteiger partial charge in [-0.15, -0.1) is 5.10 Å². The number of H-pyrrole nitrogens is 1. The van der Waals surface area contributed by atoms with Crippen LogP contribution in [0.15, 0.2) is 24.3 Å². The fraction of sp³-hybridized carbons (Fsp3) is 0.444. The van der Waals surface area contributed by atoms with Crippen molar-refractivity contribution in [1.82, 2.24) is 15.2 Å². The molecule has 9 heteroatoms. The van der Waals surface area contributed by atoms with Crippen LogP contribution in [-0.4, -0.2) is 47.3 Å². The highest BCUT2D eigenvalue weighted by Crippen LogP contribution is 2.33. The molecule has 142 valence electrons. The average Bonchev–Trinajstić information content (AvgIpc) is 3.42. The van der Waals surface area contributed by atoms with E-state index in [4.69, 9.17) is 9.47 Å². The van der Waals surface area contributed by atoms with Crippen LogP contribution in [0.3, 0.4) is 0 Å². The first-order valence-electron chi connectivity index (χ1n) is 8.94. The highest BCUT2D eigenvalue weighted by atomic mass is 16.5. The molecule has 2 aliphatic rings. The van der Waals surface area contributed by atoms with Crippen LogP contribution in [-0.2, 0) is 14.3 Å². The van der Waals surface area contributed by atoms with Crippen LogP contribution in [0.4, 0.5) is 11.6 Å². The first kappa shape index (κ1) is 17.5. The number of amides is 2. The number of ether oxygens (including phenoxy) is 2. The van der Waals surface area contributed by atoms with E-state index in [0.29, 0.717) is 23.9 Å². The number of rotatable bonds is 5. The van der Waals surface area contributed by atoms with Crippen LogP contribution in [0.1, 0.15) is 31.2 Å². The minimum atomic E-state index is -0.480. The highest BCUT2D eigenvalue weighted by Gasteiger charge is 2.36. The van der Waals surface area contributed by atoms with Gasteiger partial charge in [0, 0.05) is 19.6 Å². The molecule has 2 amide bonds. The van der Waals surface area contributed by atoms with Gasteiger partial charge in [-0.25, -0.2) is 0 Å². The number of anilines is 2. The number of methoxy groups -OCH3 is 1. The minimum Gasteiger partial charge on any atom is -0.495 e. The molecule has 0 aliphatic carbocycles. The van der Waals surface area contributed by atoms with Gasteiger partial charge in [0.25, 0.3) is 0 Å². The summed E-state index contributed by atoms with van der Waals surface area (Å²) in [6.07, 6.45) is 1.90. The molecule has 2 saturated heterocycles. The summed E-state index contributed by atoms with van der Waals surface area (Å²) in [5.74, 6) is 0.539. The van der Waals surface area contributed by atoms with E-state index in [-0.39, 0.29) is 36.8 Å². The topological polar surface area (TPSA) is 109 Å². The Morgan fingerprint density at radius 1 is 1.41 bits per heavy atom. The van der Waals surface area contributed by atoms with E-state index < -0.39 is 5.92 Å². The Bertz CT molecular complexity index is 846. The van der Waals surface area contributed by atoms with Gasteiger partial charge in [-0.1, -0.05) is 12.1 Å². The summed E-state index contributed by atoms with van der Waals surface area (Å²) in [5, 5.41) is 9.53. The lowest BCUT2D eigenvalue weighted by Crippen LogP contribution is -2.28. The summed E-state index contributed by atoms with van der Waals surface area (Å²) >= 11 is 0. The Labute approximate surface area is 156 Å².